The summed E-state index contributed by atoms with van der Waals surface area (Å²) in [5.41, 5.74) is 7.91. The van der Waals surface area contributed by atoms with Gasteiger partial charge in [0.25, 0.3) is 0 Å². The maximum Gasteiger partial charge on any atom is 0.127 e. The van der Waals surface area contributed by atoms with Crippen molar-refractivity contribution in [3.63, 3.8) is 0 Å². The highest BCUT2D eigenvalue weighted by Crippen LogP contribution is 2.54. The van der Waals surface area contributed by atoms with Gasteiger partial charge in [-0.2, -0.15) is 10.5 Å². The van der Waals surface area contributed by atoms with E-state index in [2.05, 4.69) is 12.1 Å². The third kappa shape index (κ3) is 2.12. The van der Waals surface area contributed by atoms with Crippen molar-refractivity contribution in [3.8, 4) is 12.1 Å². The SMILES string of the molecule is N#CC1=C(N)N2C(=C(C#N)C1c1ccccc1F)Sc1ccccc12. The molecule has 2 aromatic carbocycles. The van der Waals surface area contributed by atoms with Gasteiger partial charge in [-0.3, -0.25) is 4.90 Å². The summed E-state index contributed by atoms with van der Waals surface area (Å²) in [6, 6.07) is 18.0. The first-order chi connectivity index (χ1) is 12.2. The average molecular weight is 346 g/mol. The lowest BCUT2D eigenvalue weighted by molar-refractivity contribution is 0.605. The molecule has 4 rings (SSSR count). The van der Waals surface area contributed by atoms with Gasteiger partial charge in [0.1, 0.15) is 16.7 Å². The van der Waals surface area contributed by atoms with Gasteiger partial charge in [-0.1, -0.05) is 42.1 Å². The van der Waals surface area contributed by atoms with E-state index in [1.807, 2.05) is 24.3 Å². The summed E-state index contributed by atoms with van der Waals surface area (Å²) in [5, 5.41) is 20.1. The van der Waals surface area contributed by atoms with Crippen molar-refractivity contribution in [2.24, 2.45) is 5.73 Å². The molecular weight excluding hydrogens is 335 g/mol. The van der Waals surface area contributed by atoms with Crippen LogP contribution < -0.4 is 10.6 Å². The first-order valence-electron chi connectivity index (χ1n) is 7.52. The number of halogens is 1. The number of hydrogen-bond donors (Lipinski definition) is 1. The quantitative estimate of drug-likeness (QED) is 0.845. The molecule has 0 amide bonds. The van der Waals surface area contributed by atoms with E-state index in [0.29, 0.717) is 10.6 Å². The topological polar surface area (TPSA) is 76.8 Å². The summed E-state index contributed by atoms with van der Waals surface area (Å²) in [6.45, 7) is 0. The Balaban J connectivity index is 2.00. The Kier molecular flexibility index (Phi) is 3.49. The summed E-state index contributed by atoms with van der Waals surface area (Å²) in [5.74, 6) is -1.03. The van der Waals surface area contributed by atoms with Gasteiger partial charge in [-0.15, -0.1) is 0 Å². The average Bonchev–Trinajstić information content (AvgIpc) is 3.01. The van der Waals surface area contributed by atoms with Crippen LogP contribution in [0.5, 0.6) is 0 Å². The van der Waals surface area contributed by atoms with Crippen LogP contribution in [0.25, 0.3) is 0 Å². The van der Waals surface area contributed by atoms with E-state index in [-0.39, 0.29) is 17.0 Å². The maximum absolute atomic E-state index is 14.4. The van der Waals surface area contributed by atoms with Gasteiger partial charge in [-0.05, 0) is 18.2 Å². The van der Waals surface area contributed by atoms with Crippen molar-refractivity contribution in [2.45, 2.75) is 10.8 Å². The molecule has 1 unspecified atom stereocenters. The highest BCUT2D eigenvalue weighted by atomic mass is 32.2. The standard InChI is InChI=1S/C19H11FN4S/c20-14-6-2-1-5-11(14)17-12(9-21)18(23)24-15-7-3-4-8-16(15)25-19(24)13(17)10-22/h1-8,17H,23H2. The number of nitrogens with two attached hydrogens (primary N) is 1. The second kappa shape index (κ2) is 5.70. The van der Waals surface area contributed by atoms with Crippen LogP contribution in [0.15, 0.2) is 75.4 Å². The van der Waals surface area contributed by atoms with Gasteiger partial charge in [0.15, 0.2) is 0 Å². The smallest absolute Gasteiger partial charge is 0.127 e. The van der Waals surface area contributed by atoms with Crippen molar-refractivity contribution in [3.05, 3.63) is 81.9 Å². The van der Waals surface area contributed by atoms with Crippen molar-refractivity contribution in [1.29, 1.82) is 10.5 Å². The third-order valence-corrected chi connectivity index (χ3v) is 5.46. The molecule has 25 heavy (non-hydrogen) atoms. The van der Waals surface area contributed by atoms with Gasteiger partial charge in [0.05, 0.1) is 34.9 Å². The Hall–Kier alpha value is -3.22. The molecule has 0 aromatic heterocycles. The largest absolute Gasteiger partial charge is 0.384 e. The van der Waals surface area contributed by atoms with Crippen LogP contribution in [0.4, 0.5) is 10.1 Å². The maximum atomic E-state index is 14.4. The summed E-state index contributed by atoms with van der Waals surface area (Å²) in [4.78, 5) is 2.66. The minimum absolute atomic E-state index is 0.183. The van der Waals surface area contributed by atoms with Crippen molar-refractivity contribution >= 4 is 17.4 Å². The number of allylic oxidation sites excluding steroid dienone is 2. The molecule has 2 aliphatic heterocycles. The second-order valence-corrected chi connectivity index (χ2v) is 6.63. The third-order valence-electron chi connectivity index (χ3n) is 4.30. The lowest BCUT2D eigenvalue weighted by Gasteiger charge is -2.31. The minimum Gasteiger partial charge on any atom is -0.384 e. The lowest BCUT2D eigenvalue weighted by atomic mass is 9.83. The molecule has 2 aromatic rings. The zero-order valence-electron chi connectivity index (χ0n) is 12.9. The molecule has 0 fully saturated rings. The number of nitriles is 2. The Morgan fingerprint density at radius 2 is 1.68 bits per heavy atom. The summed E-state index contributed by atoms with van der Waals surface area (Å²) in [7, 11) is 0. The molecule has 0 radical (unpaired) electrons. The zero-order valence-corrected chi connectivity index (χ0v) is 13.7. The molecule has 0 aliphatic carbocycles. The molecule has 6 heteroatoms. The zero-order chi connectivity index (χ0) is 17.6. The summed E-state index contributed by atoms with van der Waals surface area (Å²) < 4.78 is 14.4. The van der Waals surface area contributed by atoms with Gasteiger partial charge in [0.2, 0.25) is 0 Å². The number of para-hydroxylation sites is 1. The molecule has 0 bridgehead atoms. The predicted octanol–water partition coefficient (Wildman–Crippen LogP) is 3.96. The fourth-order valence-electron chi connectivity index (χ4n) is 3.19. The van der Waals surface area contributed by atoms with Crippen LogP contribution >= 0.6 is 11.8 Å². The van der Waals surface area contributed by atoms with Crippen LogP contribution in [0.3, 0.4) is 0 Å². The van der Waals surface area contributed by atoms with E-state index in [0.717, 1.165) is 10.6 Å². The number of nitrogens with zero attached hydrogens (tertiary/aromatic N) is 3. The highest BCUT2D eigenvalue weighted by molar-refractivity contribution is 8.03. The minimum atomic E-state index is -0.802. The number of hydrogen-bond acceptors (Lipinski definition) is 5. The van der Waals surface area contributed by atoms with E-state index in [4.69, 9.17) is 5.73 Å². The molecule has 2 heterocycles. The van der Waals surface area contributed by atoms with Gasteiger partial charge < -0.3 is 5.73 Å². The number of thioether (sulfide) groups is 1. The molecule has 2 N–H and O–H groups in total. The van der Waals surface area contributed by atoms with Crippen molar-refractivity contribution < 1.29 is 4.39 Å². The normalized spacial score (nSPS) is 18.5. The Bertz CT molecular complexity index is 1040. The number of anilines is 1. The molecular formula is C19H11FN4S. The lowest BCUT2D eigenvalue weighted by Crippen LogP contribution is -2.32. The molecule has 1 atom stereocenters. The van der Waals surface area contributed by atoms with Gasteiger partial charge in [0, 0.05) is 10.5 Å². The molecule has 120 valence electrons. The van der Waals surface area contributed by atoms with Crippen LogP contribution in [-0.2, 0) is 0 Å². The Morgan fingerprint density at radius 1 is 1.00 bits per heavy atom. The van der Waals surface area contributed by atoms with Gasteiger partial charge in [-0.25, -0.2) is 4.39 Å². The Morgan fingerprint density at radius 3 is 2.40 bits per heavy atom. The van der Waals surface area contributed by atoms with E-state index >= 15 is 0 Å². The van der Waals surface area contributed by atoms with Crippen molar-refractivity contribution in [1.82, 2.24) is 0 Å². The molecule has 4 nitrogen and oxygen atoms in total. The fourth-order valence-corrected chi connectivity index (χ4v) is 4.37. The molecule has 2 aliphatic rings. The van der Waals surface area contributed by atoms with Crippen LogP contribution in [-0.4, -0.2) is 0 Å². The number of rotatable bonds is 1. The fraction of sp³-hybridized carbons (Fsp3) is 0.0526. The van der Waals surface area contributed by atoms with E-state index in [1.165, 1.54) is 17.8 Å². The van der Waals surface area contributed by atoms with Crippen molar-refractivity contribution in [2.75, 3.05) is 4.90 Å². The molecule has 0 saturated carbocycles. The van der Waals surface area contributed by atoms with E-state index < -0.39 is 11.7 Å². The van der Waals surface area contributed by atoms with Crippen LogP contribution in [0.2, 0.25) is 0 Å². The van der Waals surface area contributed by atoms with Gasteiger partial charge >= 0.3 is 0 Å². The second-order valence-electron chi connectivity index (χ2n) is 5.60. The van der Waals surface area contributed by atoms with Crippen LogP contribution in [0.1, 0.15) is 11.5 Å². The summed E-state index contributed by atoms with van der Waals surface area (Å²) in [6.07, 6.45) is 0. The number of fused-ring (bicyclic) bond motifs is 3. The first-order valence-corrected chi connectivity index (χ1v) is 8.34. The first kappa shape index (κ1) is 15.3. The predicted molar refractivity (Wildman–Crippen MR) is 93.4 cm³/mol. The molecule has 0 spiro atoms. The summed E-state index contributed by atoms with van der Waals surface area (Å²) >= 11 is 1.41. The highest BCUT2D eigenvalue weighted by Gasteiger charge is 2.41. The van der Waals surface area contributed by atoms with E-state index in [1.54, 1.807) is 23.1 Å². The van der Waals surface area contributed by atoms with Crippen LogP contribution in [0, 0.1) is 28.5 Å². The number of benzene rings is 2. The monoisotopic (exact) mass is 346 g/mol. The van der Waals surface area contributed by atoms with E-state index in [9.17, 15) is 14.9 Å². The Labute approximate surface area is 148 Å². The molecule has 0 saturated heterocycles.